The van der Waals surface area contributed by atoms with E-state index in [9.17, 15) is 0 Å². The zero-order valence-corrected chi connectivity index (χ0v) is 13.7. The Labute approximate surface area is 145 Å². The molecular weight excluding hydrogens is 320 g/mol. The highest BCUT2D eigenvalue weighted by molar-refractivity contribution is 6.31. The van der Waals surface area contributed by atoms with Crippen molar-refractivity contribution in [1.29, 1.82) is 0 Å². The molecule has 0 fully saturated rings. The van der Waals surface area contributed by atoms with Gasteiger partial charge in [0.2, 0.25) is 0 Å². The molecule has 0 bridgehead atoms. The molecule has 1 spiro atoms. The molecule has 0 saturated carbocycles. The summed E-state index contributed by atoms with van der Waals surface area (Å²) in [6.07, 6.45) is 1.56. The number of hydrogen-bond acceptors (Lipinski definition) is 2. The van der Waals surface area contributed by atoms with Crippen LogP contribution in [-0.4, -0.2) is 0 Å². The largest absolute Gasteiger partial charge is 0.448 e. The number of fused-ring (bicyclic) bond motifs is 5. The summed E-state index contributed by atoms with van der Waals surface area (Å²) in [5, 5.41) is 0.756. The average Bonchev–Trinajstić information content (AvgIpc) is 2.62. The van der Waals surface area contributed by atoms with E-state index in [1.807, 2.05) is 42.5 Å². The fourth-order valence-electron chi connectivity index (χ4n) is 3.72. The maximum atomic E-state index is 6.42. The standard InChI is InChI=1S/C21H15ClO2/c22-18-9-5-11-20-16(18)12-13-21(24-20)17-8-3-1-6-14(17)15-7-2-4-10-19(15)23-21/h1-11H,12-13H2. The van der Waals surface area contributed by atoms with Crippen molar-refractivity contribution in [2.75, 3.05) is 0 Å². The Balaban J connectivity index is 1.71. The summed E-state index contributed by atoms with van der Waals surface area (Å²) >= 11 is 6.33. The predicted molar refractivity (Wildman–Crippen MR) is 94.6 cm³/mol. The second kappa shape index (κ2) is 5.02. The third kappa shape index (κ3) is 1.90. The van der Waals surface area contributed by atoms with Crippen LogP contribution in [0.5, 0.6) is 11.5 Å². The van der Waals surface area contributed by atoms with Crippen molar-refractivity contribution in [3.05, 3.63) is 82.9 Å². The van der Waals surface area contributed by atoms with Gasteiger partial charge in [-0.1, -0.05) is 60.1 Å². The summed E-state index contributed by atoms with van der Waals surface area (Å²) in [4.78, 5) is 0. The maximum Gasteiger partial charge on any atom is 0.278 e. The van der Waals surface area contributed by atoms with Gasteiger partial charge < -0.3 is 9.47 Å². The van der Waals surface area contributed by atoms with Crippen LogP contribution in [0.2, 0.25) is 5.02 Å². The molecule has 5 rings (SSSR count). The van der Waals surface area contributed by atoms with Crippen LogP contribution in [0.4, 0.5) is 0 Å². The van der Waals surface area contributed by atoms with Gasteiger partial charge in [0.1, 0.15) is 11.5 Å². The van der Waals surface area contributed by atoms with Crippen LogP contribution in [0.25, 0.3) is 11.1 Å². The maximum absolute atomic E-state index is 6.42. The second-order valence-corrected chi connectivity index (χ2v) is 6.62. The van der Waals surface area contributed by atoms with E-state index in [1.165, 1.54) is 5.56 Å². The number of para-hydroxylation sites is 1. The summed E-state index contributed by atoms with van der Waals surface area (Å²) in [5.74, 6) is 0.882. The first-order valence-corrected chi connectivity index (χ1v) is 8.49. The number of halogens is 1. The normalized spacial score (nSPS) is 20.4. The van der Waals surface area contributed by atoms with E-state index < -0.39 is 5.79 Å². The summed E-state index contributed by atoms with van der Waals surface area (Å²) in [7, 11) is 0. The zero-order valence-electron chi connectivity index (χ0n) is 13.0. The summed E-state index contributed by atoms with van der Waals surface area (Å²) < 4.78 is 12.8. The van der Waals surface area contributed by atoms with E-state index in [0.717, 1.165) is 46.1 Å². The Bertz CT molecular complexity index is 950. The number of rotatable bonds is 0. The molecular formula is C21H15ClO2. The lowest BCUT2D eigenvalue weighted by Crippen LogP contribution is -2.44. The van der Waals surface area contributed by atoms with Gasteiger partial charge >= 0.3 is 0 Å². The van der Waals surface area contributed by atoms with Crippen molar-refractivity contribution in [1.82, 2.24) is 0 Å². The van der Waals surface area contributed by atoms with Crippen molar-refractivity contribution in [2.24, 2.45) is 0 Å². The van der Waals surface area contributed by atoms with Gasteiger partial charge in [0.05, 0.1) is 0 Å². The monoisotopic (exact) mass is 334 g/mol. The van der Waals surface area contributed by atoms with Crippen molar-refractivity contribution < 1.29 is 9.47 Å². The molecule has 0 aromatic heterocycles. The molecule has 3 aromatic rings. The lowest BCUT2D eigenvalue weighted by atomic mass is 9.86. The molecule has 2 heterocycles. The van der Waals surface area contributed by atoms with Crippen LogP contribution in [-0.2, 0) is 12.2 Å². The number of benzene rings is 3. The van der Waals surface area contributed by atoms with Gasteiger partial charge in [-0.05, 0) is 30.2 Å². The molecule has 3 aromatic carbocycles. The molecule has 2 aliphatic heterocycles. The van der Waals surface area contributed by atoms with Gasteiger partial charge in [-0.2, -0.15) is 0 Å². The Morgan fingerprint density at radius 1 is 0.750 bits per heavy atom. The Morgan fingerprint density at radius 2 is 1.46 bits per heavy atom. The Kier molecular flexibility index (Phi) is 2.92. The number of hydrogen-bond donors (Lipinski definition) is 0. The lowest BCUT2D eigenvalue weighted by molar-refractivity contribution is -0.137. The first kappa shape index (κ1) is 13.9. The predicted octanol–water partition coefficient (Wildman–Crippen LogP) is 5.58. The fraction of sp³-hybridized carbons (Fsp3) is 0.143. The van der Waals surface area contributed by atoms with Crippen molar-refractivity contribution in [3.63, 3.8) is 0 Å². The third-order valence-corrected chi connectivity index (χ3v) is 5.20. The molecule has 0 N–H and O–H groups in total. The first-order chi connectivity index (χ1) is 11.8. The van der Waals surface area contributed by atoms with Crippen LogP contribution < -0.4 is 9.47 Å². The zero-order chi connectivity index (χ0) is 16.1. The van der Waals surface area contributed by atoms with Crippen molar-refractivity contribution >= 4 is 11.6 Å². The molecule has 1 atom stereocenters. The highest BCUT2D eigenvalue weighted by Gasteiger charge is 2.45. The van der Waals surface area contributed by atoms with E-state index in [2.05, 4.69) is 24.3 Å². The van der Waals surface area contributed by atoms with Gasteiger partial charge in [0, 0.05) is 28.1 Å². The first-order valence-electron chi connectivity index (χ1n) is 8.11. The third-order valence-electron chi connectivity index (χ3n) is 4.84. The minimum Gasteiger partial charge on any atom is -0.448 e. The molecule has 1 unspecified atom stereocenters. The minimum absolute atomic E-state index is 0.731. The Hall–Kier alpha value is -2.45. The fourth-order valence-corrected chi connectivity index (χ4v) is 3.98. The second-order valence-electron chi connectivity index (χ2n) is 6.22. The molecule has 0 amide bonds. The minimum atomic E-state index is -0.789. The van der Waals surface area contributed by atoms with Gasteiger partial charge in [-0.15, -0.1) is 0 Å². The van der Waals surface area contributed by atoms with Crippen LogP contribution in [0.1, 0.15) is 17.5 Å². The average molecular weight is 335 g/mol. The summed E-state index contributed by atoms with van der Waals surface area (Å²) in [6.45, 7) is 0. The Morgan fingerprint density at radius 3 is 2.38 bits per heavy atom. The van der Waals surface area contributed by atoms with Crippen LogP contribution in [0.15, 0.2) is 66.7 Å². The molecule has 118 valence electrons. The SMILES string of the molecule is Clc1cccc2c1CCC1(Oc3ccccc3-c3ccccc31)O2. The summed E-state index contributed by atoms with van der Waals surface area (Å²) in [6, 6.07) is 22.2. The lowest BCUT2D eigenvalue weighted by Gasteiger charge is -2.42. The van der Waals surface area contributed by atoms with E-state index in [1.54, 1.807) is 0 Å². The van der Waals surface area contributed by atoms with Crippen LogP contribution in [0, 0.1) is 0 Å². The van der Waals surface area contributed by atoms with E-state index in [0.29, 0.717) is 0 Å². The van der Waals surface area contributed by atoms with E-state index in [4.69, 9.17) is 21.1 Å². The van der Waals surface area contributed by atoms with Gasteiger partial charge in [0.15, 0.2) is 0 Å². The molecule has 24 heavy (non-hydrogen) atoms. The van der Waals surface area contributed by atoms with Crippen LogP contribution in [0.3, 0.4) is 0 Å². The topological polar surface area (TPSA) is 18.5 Å². The smallest absolute Gasteiger partial charge is 0.278 e. The highest BCUT2D eigenvalue weighted by atomic mass is 35.5. The van der Waals surface area contributed by atoms with Gasteiger partial charge in [-0.25, -0.2) is 0 Å². The quantitative estimate of drug-likeness (QED) is 0.534. The molecule has 0 saturated heterocycles. The number of ether oxygens (including phenoxy) is 2. The molecule has 0 radical (unpaired) electrons. The van der Waals surface area contributed by atoms with Gasteiger partial charge in [-0.3, -0.25) is 0 Å². The molecule has 3 heteroatoms. The molecule has 0 aliphatic carbocycles. The van der Waals surface area contributed by atoms with Crippen molar-refractivity contribution in [3.8, 4) is 22.6 Å². The van der Waals surface area contributed by atoms with Crippen molar-refractivity contribution in [2.45, 2.75) is 18.6 Å². The van der Waals surface area contributed by atoms with Crippen LogP contribution >= 0.6 is 11.6 Å². The molecule has 2 nitrogen and oxygen atoms in total. The highest BCUT2D eigenvalue weighted by Crippen LogP contribution is 2.50. The van der Waals surface area contributed by atoms with E-state index in [-0.39, 0.29) is 0 Å². The summed E-state index contributed by atoms with van der Waals surface area (Å²) in [5.41, 5.74) is 4.42. The van der Waals surface area contributed by atoms with Gasteiger partial charge in [0.25, 0.3) is 5.79 Å². The molecule has 2 aliphatic rings. The van der Waals surface area contributed by atoms with E-state index >= 15 is 0 Å².